The summed E-state index contributed by atoms with van der Waals surface area (Å²) in [5.74, 6) is 0.499. The van der Waals surface area contributed by atoms with Crippen LogP contribution in [0.2, 0.25) is 0 Å². The van der Waals surface area contributed by atoms with E-state index >= 15 is 0 Å². The van der Waals surface area contributed by atoms with Crippen LogP contribution >= 0.6 is 11.8 Å². The molecule has 1 aliphatic rings. The van der Waals surface area contributed by atoms with Crippen LogP contribution in [0, 0.1) is 0 Å². The molecule has 0 aromatic heterocycles. The number of carbonyl (C=O) groups is 1. The smallest absolute Gasteiger partial charge is 0.431 e. The molecule has 0 spiro atoms. The average molecular weight is 264 g/mol. The fraction of sp³-hybridized carbons (Fsp3) is 0.385. The zero-order chi connectivity index (χ0) is 13.2. The van der Waals surface area contributed by atoms with Gasteiger partial charge < -0.3 is 4.74 Å². The lowest BCUT2D eigenvalue weighted by atomic mass is 10.2. The van der Waals surface area contributed by atoms with Gasteiger partial charge in [-0.2, -0.15) is 10.1 Å². The van der Waals surface area contributed by atoms with Gasteiger partial charge in [0, 0.05) is 5.56 Å². The maximum atomic E-state index is 11.8. The quantitative estimate of drug-likeness (QED) is 0.781. The molecule has 0 saturated carbocycles. The molecule has 0 atom stereocenters. The summed E-state index contributed by atoms with van der Waals surface area (Å²) in [6.45, 7) is 5.53. The van der Waals surface area contributed by atoms with Gasteiger partial charge in [0.25, 0.3) is 0 Å². The molecular formula is C13H16N2O2S. The topological polar surface area (TPSA) is 41.9 Å². The van der Waals surface area contributed by atoms with Crippen molar-refractivity contribution in [2.24, 2.45) is 5.10 Å². The Morgan fingerprint density at radius 1 is 1.33 bits per heavy atom. The van der Waals surface area contributed by atoms with Gasteiger partial charge in [0.1, 0.15) is 10.6 Å². The van der Waals surface area contributed by atoms with Gasteiger partial charge in [-0.3, -0.25) is 0 Å². The third-order valence-corrected chi connectivity index (χ3v) is 3.12. The van der Waals surface area contributed by atoms with Crippen LogP contribution < -0.4 is 0 Å². The normalized spacial score (nSPS) is 15.5. The van der Waals surface area contributed by atoms with Crippen molar-refractivity contribution in [1.82, 2.24) is 5.01 Å². The third-order valence-electron chi connectivity index (χ3n) is 2.16. The van der Waals surface area contributed by atoms with Crippen LogP contribution in [-0.2, 0) is 4.74 Å². The molecule has 0 fully saturated rings. The molecule has 5 heteroatoms. The second-order valence-electron chi connectivity index (χ2n) is 4.92. The molecule has 1 amide bonds. The number of hydrazone groups is 1. The van der Waals surface area contributed by atoms with Crippen LogP contribution in [0.4, 0.5) is 4.79 Å². The Hall–Kier alpha value is -1.49. The Bertz CT molecular complexity index is 466. The minimum atomic E-state index is -0.493. The monoisotopic (exact) mass is 264 g/mol. The molecule has 0 bridgehead atoms. The van der Waals surface area contributed by atoms with Crippen LogP contribution in [0.25, 0.3) is 0 Å². The van der Waals surface area contributed by atoms with Crippen molar-refractivity contribution in [3.8, 4) is 0 Å². The van der Waals surface area contributed by atoms with Gasteiger partial charge >= 0.3 is 6.09 Å². The van der Waals surface area contributed by atoms with E-state index in [2.05, 4.69) is 5.10 Å². The summed E-state index contributed by atoms with van der Waals surface area (Å²) in [7, 11) is 0. The molecule has 2 rings (SSSR count). The number of ether oxygens (including phenoxy) is 1. The first-order valence-electron chi connectivity index (χ1n) is 5.73. The molecule has 0 aliphatic carbocycles. The Labute approximate surface area is 111 Å². The van der Waals surface area contributed by atoms with Crippen molar-refractivity contribution in [2.45, 2.75) is 26.4 Å². The molecule has 0 unspecified atom stereocenters. The van der Waals surface area contributed by atoms with Gasteiger partial charge in [0.15, 0.2) is 0 Å². The van der Waals surface area contributed by atoms with E-state index in [1.165, 1.54) is 16.8 Å². The summed E-state index contributed by atoms with van der Waals surface area (Å²) in [6, 6.07) is 9.81. The van der Waals surface area contributed by atoms with Crippen molar-refractivity contribution in [1.29, 1.82) is 0 Å². The molecule has 96 valence electrons. The molecule has 1 aromatic carbocycles. The standard InChI is InChI=1S/C13H16N2O2S/c1-13(2,3)17-12(16)15-9-18-11(14-15)10-7-5-4-6-8-10/h4-8H,9H2,1-3H3. The summed E-state index contributed by atoms with van der Waals surface area (Å²) >= 11 is 1.53. The Morgan fingerprint density at radius 2 is 2.00 bits per heavy atom. The summed E-state index contributed by atoms with van der Waals surface area (Å²) in [4.78, 5) is 11.8. The van der Waals surface area contributed by atoms with E-state index < -0.39 is 11.7 Å². The van der Waals surface area contributed by atoms with Crippen LogP contribution in [0.3, 0.4) is 0 Å². The lowest BCUT2D eigenvalue weighted by Crippen LogP contribution is -2.32. The number of thioether (sulfide) groups is 1. The number of benzene rings is 1. The molecule has 4 nitrogen and oxygen atoms in total. The van der Waals surface area contributed by atoms with Crippen LogP contribution in [0.15, 0.2) is 35.4 Å². The molecule has 0 radical (unpaired) electrons. The molecule has 1 aromatic rings. The van der Waals surface area contributed by atoms with Crippen molar-refractivity contribution in [2.75, 3.05) is 5.88 Å². The number of hydrogen-bond acceptors (Lipinski definition) is 4. The highest BCUT2D eigenvalue weighted by Crippen LogP contribution is 2.24. The largest absolute Gasteiger partial charge is 0.442 e. The van der Waals surface area contributed by atoms with E-state index in [1.807, 2.05) is 51.1 Å². The van der Waals surface area contributed by atoms with Crippen molar-refractivity contribution >= 4 is 22.9 Å². The maximum Gasteiger partial charge on any atom is 0.431 e. The number of amides is 1. The summed E-state index contributed by atoms with van der Waals surface area (Å²) in [6.07, 6.45) is -0.402. The van der Waals surface area contributed by atoms with Gasteiger partial charge in [-0.05, 0) is 20.8 Å². The zero-order valence-corrected chi connectivity index (χ0v) is 11.5. The van der Waals surface area contributed by atoms with E-state index in [0.717, 1.165) is 10.6 Å². The van der Waals surface area contributed by atoms with Crippen molar-refractivity contribution < 1.29 is 9.53 Å². The van der Waals surface area contributed by atoms with Crippen molar-refractivity contribution in [3.63, 3.8) is 0 Å². The fourth-order valence-corrected chi connectivity index (χ4v) is 2.29. The SMILES string of the molecule is CC(C)(C)OC(=O)N1CSC(c2ccccc2)=N1. The molecule has 1 heterocycles. The van der Waals surface area contributed by atoms with Gasteiger partial charge in [0.2, 0.25) is 0 Å². The number of hydrogen-bond donors (Lipinski definition) is 0. The Balaban J connectivity index is 2.07. The van der Waals surface area contributed by atoms with E-state index in [4.69, 9.17) is 4.74 Å². The third kappa shape index (κ3) is 3.26. The summed E-state index contributed by atoms with van der Waals surface area (Å²) in [5, 5.41) is 6.49. The predicted octanol–water partition coefficient (Wildman–Crippen LogP) is 3.29. The number of carbonyl (C=O) groups excluding carboxylic acids is 1. The maximum absolute atomic E-state index is 11.8. The highest BCUT2D eigenvalue weighted by Gasteiger charge is 2.26. The first-order valence-corrected chi connectivity index (χ1v) is 6.71. The number of rotatable bonds is 1. The predicted molar refractivity (Wildman–Crippen MR) is 73.5 cm³/mol. The molecule has 0 N–H and O–H groups in total. The molecule has 0 saturated heterocycles. The summed E-state index contributed by atoms with van der Waals surface area (Å²) < 4.78 is 5.27. The van der Waals surface area contributed by atoms with E-state index in [0.29, 0.717) is 5.88 Å². The summed E-state index contributed by atoms with van der Waals surface area (Å²) in [5.41, 5.74) is 0.529. The van der Waals surface area contributed by atoms with Gasteiger partial charge in [-0.1, -0.05) is 42.1 Å². The second kappa shape index (κ2) is 5.02. The van der Waals surface area contributed by atoms with Gasteiger partial charge in [-0.25, -0.2) is 4.79 Å². The van der Waals surface area contributed by atoms with E-state index in [1.54, 1.807) is 0 Å². The van der Waals surface area contributed by atoms with Crippen LogP contribution in [-0.4, -0.2) is 27.6 Å². The number of nitrogens with zero attached hydrogens (tertiary/aromatic N) is 2. The Morgan fingerprint density at radius 3 is 2.61 bits per heavy atom. The minimum absolute atomic E-state index is 0.402. The highest BCUT2D eigenvalue weighted by atomic mass is 32.2. The molecule has 1 aliphatic heterocycles. The lowest BCUT2D eigenvalue weighted by molar-refractivity contribution is 0.0297. The zero-order valence-electron chi connectivity index (χ0n) is 10.7. The minimum Gasteiger partial charge on any atom is -0.442 e. The lowest BCUT2D eigenvalue weighted by Gasteiger charge is -2.21. The van der Waals surface area contributed by atoms with Crippen LogP contribution in [0.5, 0.6) is 0 Å². The first-order chi connectivity index (χ1) is 8.46. The molecule has 18 heavy (non-hydrogen) atoms. The van der Waals surface area contributed by atoms with Crippen LogP contribution in [0.1, 0.15) is 26.3 Å². The molecular weight excluding hydrogens is 248 g/mol. The fourth-order valence-electron chi connectivity index (χ4n) is 1.42. The van der Waals surface area contributed by atoms with Gasteiger partial charge in [0.05, 0.1) is 5.88 Å². The Kier molecular flexibility index (Phi) is 3.61. The highest BCUT2D eigenvalue weighted by molar-refractivity contribution is 8.14. The van der Waals surface area contributed by atoms with Gasteiger partial charge in [-0.15, -0.1) is 0 Å². The van der Waals surface area contributed by atoms with Crippen molar-refractivity contribution in [3.05, 3.63) is 35.9 Å². The first kappa shape index (κ1) is 13.0. The van der Waals surface area contributed by atoms with E-state index in [-0.39, 0.29) is 0 Å². The average Bonchev–Trinajstić information content (AvgIpc) is 2.77. The second-order valence-corrected chi connectivity index (χ2v) is 5.86. The van der Waals surface area contributed by atoms with E-state index in [9.17, 15) is 4.79 Å².